The summed E-state index contributed by atoms with van der Waals surface area (Å²) in [5.41, 5.74) is 2.92. The lowest BCUT2D eigenvalue weighted by Crippen LogP contribution is -2.31. The lowest BCUT2D eigenvalue weighted by atomic mass is 9.98. The highest BCUT2D eigenvalue weighted by atomic mass is 16.5. The van der Waals surface area contributed by atoms with Gasteiger partial charge in [0.15, 0.2) is 0 Å². The predicted octanol–water partition coefficient (Wildman–Crippen LogP) is 4.76. The number of hydrogen-bond acceptors (Lipinski definition) is 4. The number of fused-ring (bicyclic) bond motifs is 1. The first-order valence-corrected chi connectivity index (χ1v) is 11.5. The zero-order chi connectivity index (χ0) is 23.9. The van der Waals surface area contributed by atoms with Crippen LogP contribution in [0, 0.1) is 0 Å². The van der Waals surface area contributed by atoms with Gasteiger partial charge in [0.2, 0.25) is 5.91 Å². The molecule has 3 amide bonds. The monoisotopic (exact) mass is 456 g/mol. The van der Waals surface area contributed by atoms with Crippen molar-refractivity contribution in [3.8, 4) is 5.75 Å². The van der Waals surface area contributed by atoms with E-state index in [-0.39, 0.29) is 23.8 Å². The number of ether oxygens (including phenoxy) is 1. The van der Waals surface area contributed by atoms with Crippen LogP contribution in [0.1, 0.15) is 63.6 Å². The van der Waals surface area contributed by atoms with Crippen molar-refractivity contribution >= 4 is 17.7 Å². The number of benzene rings is 3. The first kappa shape index (κ1) is 23.2. The maximum atomic E-state index is 12.7. The SMILES string of the molecule is COc1ccc([C@@H](NC(=O)CCCCCN2C(=O)c3ccccc3C2=O)c2ccccc2)cc1. The molecule has 0 saturated heterocycles. The molecule has 34 heavy (non-hydrogen) atoms. The van der Waals surface area contributed by atoms with Crippen LogP contribution in [0.5, 0.6) is 5.75 Å². The number of nitrogens with one attached hydrogen (secondary N) is 1. The molecule has 0 aromatic heterocycles. The lowest BCUT2D eigenvalue weighted by Gasteiger charge is -2.20. The Hall–Kier alpha value is -3.93. The average molecular weight is 457 g/mol. The van der Waals surface area contributed by atoms with E-state index >= 15 is 0 Å². The largest absolute Gasteiger partial charge is 0.497 e. The van der Waals surface area contributed by atoms with Gasteiger partial charge in [0.05, 0.1) is 24.3 Å². The zero-order valence-corrected chi connectivity index (χ0v) is 19.2. The summed E-state index contributed by atoms with van der Waals surface area (Å²) in [6, 6.07) is 24.2. The molecule has 0 radical (unpaired) electrons. The van der Waals surface area contributed by atoms with Gasteiger partial charge in [-0.3, -0.25) is 19.3 Å². The van der Waals surface area contributed by atoms with Crippen molar-refractivity contribution in [3.63, 3.8) is 0 Å². The standard InChI is InChI=1S/C28H28N2O4/c1-34-22-17-15-21(16-18-22)26(20-10-4-2-5-11-20)29-25(31)14-6-3-9-19-30-27(32)23-12-7-8-13-24(23)28(30)33/h2,4-5,7-8,10-13,15-18,26H,3,6,9,14,19H2,1H3,(H,29,31)/t26-/m0/s1. The first-order chi connectivity index (χ1) is 16.6. The second-order valence-corrected chi connectivity index (χ2v) is 8.30. The predicted molar refractivity (Wildman–Crippen MR) is 130 cm³/mol. The van der Waals surface area contributed by atoms with Crippen LogP contribution in [0.25, 0.3) is 0 Å². The molecular weight excluding hydrogens is 428 g/mol. The summed E-state index contributed by atoms with van der Waals surface area (Å²) >= 11 is 0. The van der Waals surface area contributed by atoms with E-state index < -0.39 is 0 Å². The Morgan fingerprint density at radius 2 is 1.38 bits per heavy atom. The fraction of sp³-hybridized carbons (Fsp3) is 0.250. The van der Waals surface area contributed by atoms with E-state index in [0.29, 0.717) is 36.9 Å². The van der Waals surface area contributed by atoms with Crippen LogP contribution < -0.4 is 10.1 Å². The fourth-order valence-corrected chi connectivity index (χ4v) is 4.21. The topological polar surface area (TPSA) is 75.7 Å². The van der Waals surface area contributed by atoms with Crippen LogP contribution in [0.15, 0.2) is 78.9 Å². The van der Waals surface area contributed by atoms with Gasteiger partial charge in [-0.1, -0.05) is 61.0 Å². The smallest absolute Gasteiger partial charge is 0.261 e. The van der Waals surface area contributed by atoms with Crippen molar-refractivity contribution in [2.75, 3.05) is 13.7 Å². The maximum absolute atomic E-state index is 12.7. The number of carbonyl (C=O) groups excluding carboxylic acids is 3. The summed E-state index contributed by atoms with van der Waals surface area (Å²) in [7, 11) is 1.62. The summed E-state index contributed by atoms with van der Waals surface area (Å²) < 4.78 is 5.25. The summed E-state index contributed by atoms with van der Waals surface area (Å²) in [5, 5.41) is 3.15. The molecule has 1 aliphatic rings. The van der Waals surface area contributed by atoms with Crippen LogP contribution in [0.2, 0.25) is 0 Å². The van der Waals surface area contributed by atoms with Crippen molar-refractivity contribution in [2.45, 2.75) is 31.7 Å². The van der Waals surface area contributed by atoms with Crippen LogP contribution in [0.3, 0.4) is 0 Å². The molecule has 6 nitrogen and oxygen atoms in total. The maximum Gasteiger partial charge on any atom is 0.261 e. The van der Waals surface area contributed by atoms with Crippen LogP contribution in [0.4, 0.5) is 0 Å². The number of unbranched alkanes of at least 4 members (excludes halogenated alkanes) is 2. The summed E-state index contributed by atoms with van der Waals surface area (Å²) in [6.45, 7) is 0.368. The minimum Gasteiger partial charge on any atom is -0.497 e. The van der Waals surface area contributed by atoms with E-state index in [9.17, 15) is 14.4 Å². The van der Waals surface area contributed by atoms with Gasteiger partial charge in [0.25, 0.3) is 11.8 Å². The van der Waals surface area contributed by atoms with Gasteiger partial charge in [-0.05, 0) is 48.2 Å². The van der Waals surface area contributed by atoms with E-state index in [2.05, 4.69) is 5.32 Å². The molecule has 0 aliphatic carbocycles. The van der Waals surface area contributed by atoms with Gasteiger partial charge in [0.1, 0.15) is 5.75 Å². The molecule has 4 rings (SSSR count). The second kappa shape index (κ2) is 10.8. The Labute approximate surface area is 199 Å². The van der Waals surface area contributed by atoms with Gasteiger partial charge >= 0.3 is 0 Å². The molecule has 0 fully saturated rings. The number of methoxy groups -OCH3 is 1. The van der Waals surface area contributed by atoms with Crippen molar-refractivity contribution in [3.05, 3.63) is 101 Å². The van der Waals surface area contributed by atoms with Crippen molar-refractivity contribution in [2.24, 2.45) is 0 Å². The Kier molecular flexibility index (Phi) is 7.38. The quantitative estimate of drug-likeness (QED) is 0.353. The molecule has 1 N–H and O–H groups in total. The van der Waals surface area contributed by atoms with Gasteiger partial charge in [-0.15, -0.1) is 0 Å². The minimum atomic E-state index is -0.252. The Bertz CT molecular complexity index is 1120. The van der Waals surface area contributed by atoms with Gasteiger partial charge in [0, 0.05) is 13.0 Å². The lowest BCUT2D eigenvalue weighted by molar-refractivity contribution is -0.121. The third-order valence-corrected chi connectivity index (χ3v) is 6.05. The fourth-order valence-electron chi connectivity index (χ4n) is 4.21. The number of carbonyl (C=O) groups is 3. The second-order valence-electron chi connectivity index (χ2n) is 8.30. The number of imide groups is 1. The molecule has 0 bridgehead atoms. The molecule has 0 unspecified atom stereocenters. The Balaban J connectivity index is 1.28. The summed E-state index contributed by atoms with van der Waals surface area (Å²) in [5.74, 6) is 0.262. The molecule has 1 atom stereocenters. The van der Waals surface area contributed by atoms with Crippen LogP contribution in [-0.2, 0) is 4.79 Å². The molecule has 0 spiro atoms. The van der Waals surface area contributed by atoms with Crippen LogP contribution >= 0.6 is 0 Å². The first-order valence-electron chi connectivity index (χ1n) is 11.5. The van der Waals surface area contributed by atoms with E-state index in [1.54, 1.807) is 31.4 Å². The van der Waals surface area contributed by atoms with E-state index in [0.717, 1.165) is 23.3 Å². The van der Waals surface area contributed by atoms with Gasteiger partial charge < -0.3 is 10.1 Å². The van der Waals surface area contributed by atoms with Crippen molar-refractivity contribution < 1.29 is 19.1 Å². The van der Waals surface area contributed by atoms with E-state index in [4.69, 9.17) is 4.74 Å². The average Bonchev–Trinajstić information content (AvgIpc) is 3.12. The van der Waals surface area contributed by atoms with Crippen molar-refractivity contribution in [1.82, 2.24) is 10.2 Å². The molecule has 6 heteroatoms. The molecule has 1 aliphatic heterocycles. The Morgan fingerprint density at radius 3 is 2.00 bits per heavy atom. The molecule has 3 aromatic carbocycles. The van der Waals surface area contributed by atoms with Gasteiger partial charge in [-0.25, -0.2) is 0 Å². The molecule has 0 saturated carbocycles. The molecule has 174 valence electrons. The minimum absolute atomic E-state index is 0.0367. The third-order valence-electron chi connectivity index (χ3n) is 6.05. The van der Waals surface area contributed by atoms with Crippen molar-refractivity contribution in [1.29, 1.82) is 0 Å². The number of rotatable bonds is 10. The molecular formula is C28H28N2O4. The number of hydrogen-bond donors (Lipinski definition) is 1. The highest BCUT2D eigenvalue weighted by molar-refractivity contribution is 6.21. The summed E-state index contributed by atoms with van der Waals surface area (Å²) in [4.78, 5) is 38.9. The highest BCUT2D eigenvalue weighted by Gasteiger charge is 2.34. The van der Waals surface area contributed by atoms with Gasteiger partial charge in [-0.2, -0.15) is 0 Å². The highest BCUT2D eigenvalue weighted by Crippen LogP contribution is 2.25. The molecule has 1 heterocycles. The third kappa shape index (κ3) is 5.17. The Morgan fingerprint density at radius 1 is 0.794 bits per heavy atom. The molecule has 3 aromatic rings. The number of amides is 3. The van der Waals surface area contributed by atoms with E-state index in [1.807, 2.05) is 54.6 Å². The van der Waals surface area contributed by atoms with Crippen LogP contribution in [-0.4, -0.2) is 36.3 Å². The van der Waals surface area contributed by atoms with E-state index in [1.165, 1.54) is 4.90 Å². The summed E-state index contributed by atoms with van der Waals surface area (Å²) in [6.07, 6.45) is 2.47. The normalized spacial score (nSPS) is 13.5. The number of nitrogens with zero attached hydrogens (tertiary/aromatic N) is 1. The zero-order valence-electron chi connectivity index (χ0n) is 19.2.